The molecule has 0 unspecified atom stereocenters. The lowest BCUT2D eigenvalue weighted by molar-refractivity contribution is 0.727. The van der Waals surface area contributed by atoms with Crippen LogP contribution in [0.1, 0.15) is 18.2 Å². The number of likely N-dealkylation sites (N-methyl/N-ethyl adjacent to an activating group) is 1. The molecule has 4 heteroatoms. The van der Waals surface area contributed by atoms with Crippen molar-refractivity contribution in [2.75, 3.05) is 25.0 Å². The third-order valence-electron chi connectivity index (χ3n) is 3.47. The molecular formula is C17H22ClN3. The number of hydrogen-bond acceptors (Lipinski definition) is 3. The van der Waals surface area contributed by atoms with E-state index >= 15 is 0 Å². The molecule has 1 aromatic heterocycles. The third-order valence-corrected chi connectivity index (χ3v) is 3.82. The number of halogens is 1. The summed E-state index contributed by atoms with van der Waals surface area (Å²) in [6.07, 6.45) is 2.76. The normalized spacial score (nSPS) is 10.6. The Kier molecular flexibility index (Phi) is 6.03. The summed E-state index contributed by atoms with van der Waals surface area (Å²) in [5.74, 6) is 0. The zero-order valence-corrected chi connectivity index (χ0v) is 13.4. The molecule has 0 aliphatic carbocycles. The molecule has 0 aliphatic heterocycles. The van der Waals surface area contributed by atoms with Gasteiger partial charge in [0, 0.05) is 49.2 Å². The van der Waals surface area contributed by atoms with Crippen LogP contribution < -0.4 is 10.2 Å². The molecule has 3 nitrogen and oxygen atoms in total. The lowest BCUT2D eigenvalue weighted by Gasteiger charge is -2.20. The summed E-state index contributed by atoms with van der Waals surface area (Å²) in [4.78, 5) is 6.55. The van der Waals surface area contributed by atoms with Crippen LogP contribution in [0.25, 0.3) is 0 Å². The minimum atomic E-state index is 0.813. The van der Waals surface area contributed by atoms with Gasteiger partial charge in [-0.15, -0.1) is 0 Å². The molecule has 1 aromatic carbocycles. The van der Waals surface area contributed by atoms with Crippen molar-refractivity contribution in [3.05, 3.63) is 58.9 Å². The molecule has 112 valence electrons. The monoisotopic (exact) mass is 303 g/mol. The maximum atomic E-state index is 6.35. The van der Waals surface area contributed by atoms with E-state index < -0.39 is 0 Å². The zero-order chi connectivity index (χ0) is 15.1. The van der Waals surface area contributed by atoms with Crippen molar-refractivity contribution in [2.45, 2.75) is 19.9 Å². The van der Waals surface area contributed by atoms with Gasteiger partial charge in [0.1, 0.15) is 0 Å². The van der Waals surface area contributed by atoms with E-state index in [1.54, 1.807) is 0 Å². The van der Waals surface area contributed by atoms with Gasteiger partial charge in [-0.3, -0.25) is 4.98 Å². The predicted octanol–water partition coefficient (Wildman–Crippen LogP) is 3.52. The van der Waals surface area contributed by atoms with Crippen molar-refractivity contribution in [1.29, 1.82) is 0 Å². The van der Waals surface area contributed by atoms with Crippen LogP contribution in [0.2, 0.25) is 5.02 Å². The molecule has 0 spiro atoms. The summed E-state index contributed by atoms with van der Waals surface area (Å²) in [6, 6.07) is 12.3. The molecule has 1 N–H and O–H groups in total. The Morgan fingerprint density at radius 1 is 1.24 bits per heavy atom. The second-order valence-corrected chi connectivity index (χ2v) is 5.46. The number of rotatable bonds is 7. The van der Waals surface area contributed by atoms with E-state index in [0.29, 0.717) is 0 Å². The standard InChI is InChI=1S/C17H22ClN3/c1-3-19-13-14-7-8-16(12-17(14)18)21(2)11-9-15-6-4-5-10-20-15/h4-8,10,12,19H,3,9,11,13H2,1-2H3. The Bertz CT molecular complexity index is 557. The van der Waals surface area contributed by atoms with E-state index in [9.17, 15) is 0 Å². The van der Waals surface area contributed by atoms with Crippen LogP contribution >= 0.6 is 11.6 Å². The average Bonchev–Trinajstić information content (AvgIpc) is 2.52. The van der Waals surface area contributed by atoms with E-state index in [1.165, 1.54) is 0 Å². The Hall–Kier alpha value is -1.58. The molecule has 0 fully saturated rings. The highest BCUT2D eigenvalue weighted by molar-refractivity contribution is 6.31. The van der Waals surface area contributed by atoms with Crippen LogP contribution in [-0.2, 0) is 13.0 Å². The average molecular weight is 304 g/mol. The van der Waals surface area contributed by atoms with Crippen molar-refractivity contribution in [3.63, 3.8) is 0 Å². The van der Waals surface area contributed by atoms with Crippen molar-refractivity contribution in [3.8, 4) is 0 Å². The summed E-state index contributed by atoms with van der Waals surface area (Å²) in [7, 11) is 2.08. The molecule has 0 atom stereocenters. The van der Waals surface area contributed by atoms with Crippen molar-refractivity contribution in [2.24, 2.45) is 0 Å². The quantitative estimate of drug-likeness (QED) is 0.848. The van der Waals surface area contributed by atoms with Crippen molar-refractivity contribution >= 4 is 17.3 Å². The zero-order valence-electron chi connectivity index (χ0n) is 12.6. The van der Waals surface area contributed by atoms with Gasteiger partial charge < -0.3 is 10.2 Å². The molecule has 0 saturated heterocycles. The molecular weight excluding hydrogens is 282 g/mol. The first-order valence-corrected chi connectivity index (χ1v) is 7.68. The molecule has 2 aromatic rings. The molecule has 0 aliphatic rings. The number of benzene rings is 1. The fourth-order valence-electron chi connectivity index (χ4n) is 2.13. The van der Waals surface area contributed by atoms with E-state index in [4.69, 9.17) is 11.6 Å². The SMILES string of the molecule is CCNCc1ccc(N(C)CCc2ccccn2)cc1Cl. The number of nitrogens with one attached hydrogen (secondary N) is 1. The Labute approximate surface area is 132 Å². The molecule has 0 amide bonds. The van der Waals surface area contributed by atoms with Gasteiger partial charge in [-0.2, -0.15) is 0 Å². The summed E-state index contributed by atoms with van der Waals surface area (Å²) in [5.41, 5.74) is 3.38. The van der Waals surface area contributed by atoms with Crippen LogP contribution in [0, 0.1) is 0 Å². The summed E-state index contributed by atoms with van der Waals surface area (Å²) >= 11 is 6.35. The number of nitrogens with zero attached hydrogens (tertiary/aromatic N) is 2. The van der Waals surface area contributed by atoms with E-state index in [-0.39, 0.29) is 0 Å². The second kappa shape index (κ2) is 8.01. The second-order valence-electron chi connectivity index (χ2n) is 5.05. The van der Waals surface area contributed by atoms with E-state index in [0.717, 1.165) is 48.0 Å². The molecule has 2 rings (SSSR count). The van der Waals surface area contributed by atoms with Crippen LogP contribution in [-0.4, -0.2) is 25.1 Å². The van der Waals surface area contributed by atoms with Crippen molar-refractivity contribution in [1.82, 2.24) is 10.3 Å². The first-order chi connectivity index (χ1) is 10.2. The predicted molar refractivity (Wildman–Crippen MR) is 90.0 cm³/mol. The van der Waals surface area contributed by atoms with Crippen LogP contribution in [0.5, 0.6) is 0 Å². The lowest BCUT2D eigenvalue weighted by atomic mass is 10.2. The molecule has 1 heterocycles. The summed E-state index contributed by atoms with van der Waals surface area (Å²) in [6.45, 7) is 4.77. The molecule has 0 radical (unpaired) electrons. The Morgan fingerprint density at radius 3 is 2.76 bits per heavy atom. The van der Waals surface area contributed by atoms with Crippen molar-refractivity contribution < 1.29 is 0 Å². The number of pyridine rings is 1. The first kappa shape index (κ1) is 15.8. The number of anilines is 1. The molecule has 21 heavy (non-hydrogen) atoms. The summed E-state index contributed by atoms with van der Waals surface area (Å²) in [5, 5.41) is 4.11. The van der Waals surface area contributed by atoms with Crippen LogP contribution in [0.3, 0.4) is 0 Å². The van der Waals surface area contributed by atoms with Gasteiger partial charge in [0.05, 0.1) is 0 Å². The van der Waals surface area contributed by atoms with Crippen LogP contribution in [0.15, 0.2) is 42.6 Å². The minimum Gasteiger partial charge on any atom is -0.374 e. The fraction of sp³-hybridized carbons (Fsp3) is 0.353. The largest absolute Gasteiger partial charge is 0.374 e. The van der Waals surface area contributed by atoms with E-state index in [2.05, 4.69) is 47.4 Å². The maximum absolute atomic E-state index is 6.35. The molecule has 0 bridgehead atoms. The minimum absolute atomic E-state index is 0.813. The van der Waals surface area contributed by atoms with Gasteiger partial charge in [-0.05, 0) is 36.4 Å². The van der Waals surface area contributed by atoms with Gasteiger partial charge in [-0.1, -0.05) is 30.7 Å². The Morgan fingerprint density at radius 2 is 2.10 bits per heavy atom. The van der Waals surface area contributed by atoms with Gasteiger partial charge >= 0.3 is 0 Å². The molecule has 0 saturated carbocycles. The van der Waals surface area contributed by atoms with Gasteiger partial charge in [0.15, 0.2) is 0 Å². The lowest BCUT2D eigenvalue weighted by Crippen LogP contribution is -2.21. The number of aromatic nitrogens is 1. The highest BCUT2D eigenvalue weighted by Gasteiger charge is 2.06. The topological polar surface area (TPSA) is 28.2 Å². The Balaban J connectivity index is 1.96. The van der Waals surface area contributed by atoms with Gasteiger partial charge in [-0.25, -0.2) is 0 Å². The summed E-state index contributed by atoms with van der Waals surface area (Å²) < 4.78 is 0. The fourth-order valence-corrected chi connectivity index (χ4v) is 2.38. The number of hydrogen-bond donors (Lipinski definition) is 1. The first-order valence-electron chi connectivity index (χ1n) is 7.31. The van der Waals surface area contributed by atoms with Gasteiger partial charge in [0.25, 0.3) is 0 Å². The highest BCUT2D eigenvalue weighted by atomic mass is 35.5. The maximum Gasteiger partial charge on any atom is 0.0471 e. The van der Waals surface area contributed by atoms with E-state index in [1.807, 2.05) is 24.4 Å². The smallest absolute Gasteiger partial charge is 0.0471 e. The van der Waals surface area contributed by atoms with Crippen LogP contribution in [0.4, 0.5) is 5.69 Å². The highest BCUT2D eigenvalue weighted by Crippen LogP contribution is 2.23. The third kappa shape index (κ3) is 4.73. The van der Waals surface area contributed by atoms with Gasteiger partial charge in [0.2, 0.25) is 0 Å².